The largest absolute Gasteiger partial charge is 0.352 e. The van der Waals surface area contributed by atoms with E-state index in [-0.39, 0.29) is 37.4 Å². The first-order valence-corrected chi connectivity index (χ1v) is 16.2. The number of anilines is 1. The van der Waals surface area contributed by atoms with Gasteiger partial charge in [0, 0.05) is 35.6 Å². The third-order valence-electron chi connectivity index (χ3n) is 7.26. The summed E-state index contributed by atoms with van der Waals surface area (Å²) in [5, 5.41) is 4.01. The predicted molar refractivity (Wildman–Crippen MR) is 159 cm³/mol. The number of nitrogens with zero attached hydrogens (tertiary/aromatic N) is 2. The number of hydrogen-bond donors (Lipinski definition) is 1. The zero-order valence-corrected chi connectivity index (χ0v) is 25.3. The van der Waals surface area contributed by atoms with Gasteiger partial charge in [-0.25, -0.2) is 8.42 Å². The minimum absolute atomic E-state index is 0.0747. The van der Waals surface area contributed by atoms with E-state index in [0.29, 0.717) is 27.7 Å². The van der Waals surface area contributed by atoms with Gasteiger partial charge >= 0.3 is 0 Å². The van der Waals surface area contributed by atoms with Crippen LogP contribution in [-0.4, -0.2) is 50.0 Å². The molecule has 1 saturated carbocycles. The molecule has 1 N–H and O–H groups in total. The van der Waals surface area contributed by atoms with Gasteiger partial charge in [-0.1, -0.05) is 67.6 Å². The molecule has 0 bridgehead atoms. The number of carbonyl (C=O) groups is 2. The molecular formula is C29H39Cl2N3O4S. The van der Waals surface area contributed by atoms with E-state index >= 15 is 0 Å². The lowest BCUT2D eigenvalue weighted by Gasteiger charge is -2.32. The molecule has 1 aliphatic carbocycles. The smallest absolute Gasteiger partial charge is 0.242 e. The van der Waals surface area contributed by atoms with Crippen molar-refractivity contribution in [1.29, 1.82) is 0 Å². The SMILES string of the molecule is CCc1ccc(N(CCCC(=O)N(Cc2ccc(Cl)cc2Cl)C(C)C(=O)NC2CCCCC2)S(C)(=O)=O)cc1. The van der Waals surface area contributed by atoms with Gasteiger partial charge in [0.2, 0.25) is 21.8 Å². The average Bonchev–Trinajstić information content (AvgIpc) is 2.90. The number of amides is 2. The molecule has 1 unspecified atom stereocenters. The van der Waals surface area contributed by atoms with Crippen LogP contribution in [0, 0.1) is 0 Å². The lowest BCUT2D eigenvalue weighted by Crippen LogP contribution is -2.50. The molecule has 0 aromatic heterocycles. The number of benzene rings is 2. The first kappa shape index (κ1) is 31.2. The van der Waals surface area contributed by atoms with E-state index in [0.717, 1.165) is 43.9 Å². The van der Waals surface area contributed by atoms with E-state index < -0.39 is 16.1 Å². The fraction of sp³-hybridized carbons (Fsp3) is 0.517. The number of rotatable bonds is 12. The van der Waals surface area contributed by atoms with Gasteiger partial charge in [-0.2, -0.15) is 0 Å². The molecule has 0 aliphatic heterocycles. The molecule has 214 valence electrons. The lowest BCUT2D eigenvalue weighted by molar-refractivity contribution is -0.141. The Balaban J connectivity index is 1.74. The van der Waals surface area contributed by atoms with Crippen molar-refractivity contribution in [2.45, 2.75) is 83.8 Å². The predicted octanol–water partition coefficient (Wildman–Crippen LogP) is 5.97. The zero-order chi connectivity index (χ0) is 28.6. The van der Waals surface area contributed by atoms with Gasteiger partial charge in [-0.3, -0.25) is 13.9 Å². The summed E-state index contributed by atoms with van der Waals surface area (Å²) in [6, 6.07) is 11.8. The summed E-state index contributed by atoms with van der Waals surface area (Å²) in [7, 11) is -3.55. The Hall–Kier alpha value is -2.29. The molecule has 39 heavy (non-hydrogen) atoms. The molecule has 2 aromatic rings. The summed E-state index contributed by atoms with van der Waals surface area (Å²) in [6.07, 6.45) is 7.61. The van der Waals surface area contributed by atoms with Gasteiger partial charge in [-0.05, 0) is 68.0 Å². The van der Waals surface area contributed by atoms with E-state index in [4.69, 9.17) is 23.2 Å². The molecule has 1 fully saturated rings. The number of sulfonamides is 1. The Morgan fingerprint density at radius 1 is 1.05 bits per heavy atom. The van der Waals surface area contributed by atoms with Gasteiger partial charge in [-0.15, -0.1) is 0 Å². The molecular weight excluding hydrogens is 557 g/mol. The van der Waals surface area contributed by atoms with E-state index in [1.54, 1.807) is 37.3 Å². The van der Waals surface area contributed by atoms with Crippen LogP contribution in [0.3, 0.4) is 0 Å². The number of carbonyl (C=O) groups excluding carboxylic acids is 2. The Kier molecular flexibility index (Phi) is 11.5. The van der Waals surface area contributed by atoms with Gasteiger partial charge in [0.1, 0.15) is 6.04 Å². The third kappa shape index (κ3) is 9.12. The third-order valence-corrected chi connectivity index (χ3v) is 9.04. The average molecular weight is 597 g/mol. The number of hydrogen-bond acceptors (Lipinski definition) is 4. The molecule has 0 radical (unpaired) electrons. The molecule has 0 heterocycles. The molecule has 1 atom stereocenters. The van der Waals surface area contributed by atoms with E-state index in [1.165, 1.54) is 15.6 Å². The van der Waals surface area contributed by atoms with Crippen LogP contribution in [0.5, 0.6) is 0 Å². The maximum Gasteiger partial charge on any atom is 0.242 e. The van der Waals surface area contributed by atoms with Crippen molar-refractivity contribution in [3.8, 4) is 0 Å². The summed E-state index contributed by atoms with van der Waals surface area (Å²) in [6.45, 7) is 4.04. The maximum atomic E-state index is 13.5. The quantitative estimate of drug-likeness (QED) is 0.327. The summed E-state index contributed by atoms with van der Waals surface area (Å²) < 4.78 is 26.4. The standard InChI is InChI=1S/C29H39Cl2N3O4S/c1-4-22-12-16-26(17-13-22)34(39(3,37)38)18-8-11-28(35)33(20-23-14-15-24(30)19-27(23)31)21(2)29(36)32-25-9-6-5-7-10-25/h12-17,19,21,25H,4-11,18,20H2,1-3H3,(H,32,36). The van der Waals surface area contributed by atoms with E-state index in [9.17, 15) is 18.0 Å². The van der Waals surface area contributed by atoms with Crippen LogP contribution in [-0.2, 0) is 32.6 Å². The lowest BCUT2D eigenvalue weighted by atomic mass is 9.95. The summed E-state index contributed by atoms with van der Waals surface area (Å²) >= 11 is 12.5. The molecule has 3 rings (SSSR count). The van der Waals surface area contributed by atoms with Crippen molar-refractivity contribution in [3.05, 3.63) is 63.6 Å². The second-order valence-electron chi connectivity index (χ2n) is 10.2. The number of halogens is 2. The molecule has 2 amide bonds. The highest BCUT2D eigenvalue weighted by Gasteiger charge is 2.29. The van der Waals surface area contributed by atoms with Crippen LogP contribution >= 0.6 is 23.2 Å². The van der Waals surface area contributed by atoms with Crippen LogP contribution in [0.15, 0.2) is 42.5 Å². The Morgan fingerprint density at radius 3 is 2.31 bits per heavy atom. The number of nitrogens with one attached hydrogen (secondary N) is 1. The summed E-state index contributed by atoms with van der Waals surface area (Å²) in [4.78, 5) is 28.2. The second kappa shape index (κ2) is 14.4. The molecule has 0 saturated heterocycles. The first-order chi connectivity index (χ1) is 18.5. The topological polar surface area (TPSA) is 86.8 Å². The molecule has 1 aliphatic rings. The van der Waals surface area contributed by atoms with Crippen molar-refractivity contribution < 1.29 is 18.0 Å². The second-order valence-corrected chi connectivity index (χ2v) is 13.0. The summed E-state index contributed by atoms with van der Waals surface area (Å²) in [5.74, 6) is -0.448. The zero-order valence-electron chi connectivity index (χ0n) is 23.0. The first-order valence-electron chi connectivity index (χ1n) is 13.6. The minimum atomic E-state index is -3.55. The van der Waals surface area contributed by atoms with Crippen LogP contribution < -0.4 is 9.62 Å². The van der Waals surface area contributed by atoms with Crippen LogP contribution in [0.1, 0.15) is 69.9 Å². The van der Waals surface area contributed by atoms with Crippen LogP contribution in [0.2, 0.25) is 10.0 Å². The van der Waals surface area contributed by atoms with Crippen molar-refractivity contribution >= 4 is 50.7 Å². The van der Waals surface area contributed by atoms with E-state index in [2.05, 4.69) is 5.32 Å². The minimum Gasteiger partial charge on any atom is -0.352 e. The molecule has 7 nitrogen and oxygen atoms in total. The van der Waals surface area contributed by atoms with Crippen molar-refractivity contribution in [2.75, 3.05) is 17.1 Å². The van der Waals surface area contributed by atoms with Crippen molar-refractivity contribution in [1.82, 2.24) is 10.2 Å². The van der Waals surface area contributed by atoms with E-state index in [1.807, 2.05) is 19.1 Å². The fourth-order valence-electron chi connectivity index (χ4n) is 4.89. The van der Waals surface area contributed by atoms with Crippen LogP contribution in [0.4, 0.5) is 5.69 Å². The van der Waals surface area contributed by atoms with Crippen molar-refractivity contribution in [3.63, 3.8) is 0 Å². The molecule has 2 aromatic carbocycles. The van der Waals surface area contributed by atoms with Gasteiger partial charge in [0.15, 0.2) is 0 Å². The Bertz CT molecular complexity index is 1230. The molecule has 10 heteroatoms. The Morgan fingerprint density at radius 2 is 1.72 bits per heavy atom. The van der Waals surface area contributed by atoms with Gasteiger partial charge < -0.3 is 10.2 Å². The fourth-order valence-corrected chi connectivity index (χ4v) is 6.32. The molecule has 0 spiro atoms. The van der Waals surface area contributed by atoms with Gasteiger partial charge in [0.05, 0.1) is 11.9 Å². The normalized spacial score (nSPS) is 15.0. The highest BCUT2D eigenvalue weighted by Crippen LogP contribution is 2.25. The van der Waals surface area contributed by atoms with Crippen LogP contribution in [0.25, 0.3) is 0 Å². The van der Waals surface area contributed by atoms with Gasteiger partial charge in [0.25, 0.3) is 0 Å². The highest BCUT2D eigenvalue weighted by atomic mass is 35.5. The van der Waals surface area contributed by atoms with Crippen molar-refractivity contribution in [2.24, 2.45) is 0 Å². The summed E-state index contributed by atoms with van der Waals surface area (Å²) in [5.41, 5.74) is 2.35. The highest BCUT2D eigenvalue weighted by molar-refractivity contribution is 7.92. The maximum absolute atomic E-state index is 13.5. The Labute approximate surface area is 242 Å². The monoisotopic (exact) mass is 595 g/mol. The number of aryl methyl sites for hydroxylation is 1.